The lowest BCUT2D eigenvalue weighted by atomic mass is 10.0. The van der Waals surface area contributed by atoms with Crippen molar-refractivity contribution in [3.63, 3.8) is 0 Å². The molecule has 4 aromatic rings. The number of hydrogen-bond donors (Lipinski definition) is 2. The third-order valence-corrected chi connectivity index (χ3v) is 7.43. The quantitative estimate of drug-likeness (QED) is 0.329. The van der Waals surface area contributed by atoms with Crippen LogP contribution in [0.15, 0.2) is 60.8 Å². The average molecular weight is 526 g/mol. The molecule has 1 amide bonds. The van der Waals surface area contributed by atoms with Gasteiger partial charge in [-0.25, -0.2) is 0 Å². The maximum atomic E-state index is 12.3. The SMILES string of the molecule is O=C(O)C[C@@H](c1cccc(N2CCCC2=O)c1)n1ncc2cc(OCCc3ccc4c(n3)CCCN4)ccc21. The molecule has 2 aromatic heterocycles. The largest absolute Gasteiger partial charge is 0.493 e. The molecule has 9 nitrogen and oxygen atoms in total. The summed E-state index contributed by atoms with van der Waals surface area (Å²) in [7, 11) is 0. The number of rotatable bonds is 9. The summed E-state index contributed by atoms with van der Waals surface area (Å²) in [5.41, 5.74) is 5.68. The Morgan fingerprint density at radius 1 is 1.10 bits per heavy atom. The molecular weight excluding hydrogens is 494 g/mol. The van der Waals surface area contributed by atoms with Crippen LogP contribution in [0.3, 0.4) is 0 Å². The van der Waals surface area contributed by atoms with Gasteiger partial charge in [0, 0.05) is 42.7 Å². The van der Waals surface area contributed by atoms with Crippen LogP contribution in [-0.4, -0.2) is 51.4 Å². The molecule has 2 aromatic carbocycles. The zero-order valence-electron chi connectivity index (χ0n) is 21.7. The fraction of sp³-hybridized carbons (Fsp3) is 0.333. The lowest BCUT2D eigenvalue weighted by Gasteiger charge is -2.21. The van der Waals surface area contributed by atoms with E-state index in [1.54, 1.807) is 15.8 Å². The number of hydrogen-bond acceptors (Lipinski definition) is 6. The Hall–Kier alpha value is -4.40. The first-order chi connectivity index (χ1) is 19.0. The number of aryl methyl sites for hydroxylation is 1. The number of amides is 1. The van der Waals surface area contributed by atoms with E-state index >= 15 is 0 Å². The highest BCUT2D eigenvalue weighted by molar-refractivity contribution is 5.95. The number of benzene rings is 2. The molecule has 1 fully saturated rings. The summed E-state index contributed by atoms with van der Waals surface area (Å²) in [5, 5.41) is 18.5. The topological polar surface area (TPSA) is 110 Å². The molecule has 6 rings (SSSR count). The van der Waals surface area contributed by atoms with Gasteiger partial charge in [0.25, 0.3) is 0 Å². The Morgan fingerprint density at radius 2 is 2.03 bits per heavy atom. The number of carboxylic acid groups (broad SMARTS) is 1. The van der Waals surface area contributed by atoms with Crippen molar-refractivity contribution in [2.75, 3.05) is 29.9 Å². The van der Waals surface area contributed by atoms with E-state index in [2.05, 4.69) is 16.5 Å². The monoisotopic (exact) mass is 525 g/mol. The number of carbonyl (C=O) groups excluding carboxylic acids is 1. The van der Waals surface area contributed by atoms with Crippen molar-refractivity contribution in [1.29, 1.82) is 0 Å². The Kier molecular flexibility index (Phi) is 6.87. The highest BCUT2D eigenvalue weighted by atomic mass is 16.5. The molecular formula is C30H31N5O4. The molecule has 9 heteroatoms. The summed E-state index contributed by atoms with van der Waals surface area (Å²) in [6, 6.07) is 16.9. The summed E-state index contributed by atoms with van der Waals surface area (Å²) >= 11 is 0. The van der Waals surface area contributed by atoms with Crippen molar-refractivity contribution >= 4 is 34.2 Å². The molecule has 0 spiro atoms. The predicted octanol–water partition coefficient (Wildman–Crippen LogP) is 4.60. The first-order valence-electron chi connectivity index (χ1n) is 13.5. The Balaban J connectivity index is 1.19. The third-order valence-electron chi connectivity index (χ3n) is 7.43. The average Bonchev–Trinajstić information content (AvgIpc) is 3.57. The summed E-state index contributed by atoms with van der Waals surface area (Å²) in [5.74, 6) is -0.0951. The number of ether oxygens (including phenoxy) is 1. The number of fused-ring (bicyclic) bond motifs is 2. The molecule has 0 unspecified atom stereocenters. The van der Waals surface area contributed by atoms with Gasteiger partial charge in [-0.3, -0.25) is 19.3 Å². The van der Waals surface area contributed by atoms with Crippen molar-refractivity contribution in [3.8, 4) is 5.75 Å². The van der Waals surface area contributed by atoms with Gasteiger partial charge in [-0.2, -0.15) is 5.10 Å². The van der Waals surface area contributed by atoms with E-state index in [1.807, 2.05) is 48.5 Å². The molecule has 39 heavy (non-hydrogen) atoms. The minimum atomic E-state index is -0.919. The van der Waals surface area contributed by atoms with Crippen LogP contribution < -0.4 is 15.0 Å². The first kappa shape index (κ1) is 24.9. The van der Waals surface area contributed by atoms with Crippen molar-refractivity contribution in [1.82, 2.24) is 14.8 Å². The minimum Gasteiger partial charge on any atom is -0.493 e. The van der Waals surface area contributed by atoms with Crippen molar-refractivity contribution < 1.29 is 19.4 Å². The highest BCUT2D eigenvalue weighted by Crippen LogP contribution is 2.31. The van der Waals surface area contributed by atoms with Crippen LogP contribution in [-0.2, 0) is 22.4 Å². The standard InChI is InChI=1S/C30H31N5O4/c36-29-7-3-14-34(29)23-5-1-4-20(16-23)28(18-30(37)38)35-27-11-9-24(17-21(27)19-32-35)39-15-12-22-8-10-25-26(33-22)6-2-13-31-25/h1,4-5,8-11,16-17,19,28,31H,2-3,6-7,12-15,18H2,(H,37,38)/t28-/m0/s1. The van der Waals surface area contributed by atoms with Gasteiger partial charge in [0.1, 0.15) is 5.75 Å². The number of carbonyl (C=O) groups is 2. The number of pyridine rings is 1. The normalized spacial score (nSPS) is 15.7. The molecule has 0 saturated carbocycles. The summed E-state index contributed by atoms with van der Waals surface area (Å²) in [6.07, 6.45) is 5.79. The molecule has 0 radical (unpaired) electrons. The van der Waals surface area contributed by atoms with E-state index < -0.39 is 12.0 Å². The second kappa shape index (κ2) is 10.8. The molecule has 200 valence electrons. The molecule has 4 heterocycles. The zero-order valence-corrected chi connectivity index (χ0v) is 21.7. The van der Waals surface area contributed by atoms with Crippen molar-refractivity contribution in [2.24, 2.45) is 0 Å². The number of anilines is 2. The van der Waals surface area contributed by atoms with Gasteiger partial charge >= 0.3 is 5.97 Å². The smallest absolute Gasteiger partial charge is 0.305 e. The number of aromatic nitrogens is 3. The summed E-state index contributed by atoms with van der Waals surface area (Å²) in [6.45, 7) is 2.18. The van der Waals surface area contributed by atoms with Gasteiger partial charge in [-0.15, -0.1) is 0 Å². The van der Waals surface area contributed by atoms with Gasteiger partial charge in [0.05, 0.1) is 42.2 Å². The number of nitrogens with one attached hydrogen (secondary N) is 1. The molecule has 2 N–H and O–H groups in total. The van der Waals surface area contributed by atoms with Gasteiger partial charge in [-0.05, 0) is 67.3 Å². The van der Waals surface area contributed by atoms with E-state index in [0.29, 0.717) is 26.0 Å². The van der Waals surface area contributed by atoms with E-state index in [0.717, 1.165) is 70.8 Å². The van der Waals surface area contributed by atoms with E-state index in [1.165, 1.54) is 0 Å². The lowest BCUT2D eigenvalue weighted by Crippen LogP contribution is -2.24. The zero-order chi connectivity index (χ0) is 26.8. The van der Waals surface area contributed by atoms with Crippen LogP contribution in [0.5, 0.6) is 5.75 Å². The van der Waals surface area contributed by atoms with E-state index in [-0.39, 0.29) is 12.3 Å². The van der Waals surface area contributed by atoms with Crippen LogP contribution in [0, 0.1) is 0 Å². The fourth-order valence-corrected chi connectivity index (χ4v) is 5.49. The molecule has 0 bridgehead atoms. The second-order valence-corrected chi connectivity index (χ2v) is 10.1. The number of aliphatic carboxylic acids is 1. The lowest BCUT2D eigenvalue weighted by molar-refractivity contribution is -0.137. The maximum Gasteiger partial charge on any atom is 0.305 e. The van der Waals surface area contributed by atoms with Crippen LogP contribution in [0.1, 0.15) is 48.7 Å². The van der Waals surface area contributed by atoms with Crippen LogP contribution in [0.4, 0.5) is 11.4 Å². The van der Waals surface area contributed by atoms with Gasteiger partial charge < -0.3 is 20.1 Å². The maximum absolute atomic E-state index is 12.3. The molecule has 1 saturated heterocycles. The Bertz CT molecular complexity index is 1530. The van der Waals surface area contributed by atoms with Crippen LogP contribution in [0.25, 0.3) is 10.9 Å². The van der Waals surface area contributed by atoms with Gasteiger partial charge in [0.15, 0.2) is 0 Å². The van der Waals surface area contributed by atoms with E-state index in [4.69, 9.17) is 9.72 Å². The summed E-state index contributed by atoms with van der Waals surface area (Å²) in [4.78, 5) is 30.7. The predicted molar refractivity (Wildman–Crippen MR) is 148 cm³/mol. The summed E-state index contributed by atoms with van der Waals surface area (Å²) < 4.78 is 7.79. The second-order valence-electron chi connectivity index (χ2n) is 10.1. The van der Waals surface area contributed by atoms with Gasteiger partial charge in [0.2, 0.25) is 5.91 Å². The molecule has 1 atom stereocenters. The number of nitrogens with zero attached hydrogens (tertiary/aromatic N) is 4. The molecule has 2 aliphatic heterocycles. The Morgan fingerprint density at radius 3 is 2.87 bits per heavy atom. The highest BCUT2D eigenvalue weighted by Gasteiger charge is 2.25. The van der Waals surface area contributed by atoms with Crippen molar-refractivity contribution in [3.05, 3.63) is 77.7 Å². The Labute approximate surface area is 226 Å². The first-order valence-corrected chi connectivity index (χ1v) is 13.5. The minimum absolute atomic E-state index is 0.0958. The number of carboxylic acids is 1. The van der Waals surface area contributed by atoms with Crippen LogP contribution >= 0.6 is 0 Å². The van der Waals surface area contributed by atoms with Crippen molar-refractivity contribution in [2.45, 2.75) is 44.6 Å². The van der Waals surface area contributed by atoms with Gasteiger partial charge in [-0.1, -0.05) is 12.1 Å². The van der Waals surface area contributed by atoms with Crippen LogP contribution in [0.2, 0.25) is 0 Å². The molecule has 0 aliphatic carbocycles. The van der Waals surface area contributed by atoms with E-state index in [9.17, 15) is 14.7 Å². The fourth-order valence-electron chi connectivity index (χ4n) is 5.49. The third kappa shape index (κ3) is 5.30. The molecule has 2 aliphatic rings.